The van der Waals surface area contributed by atoms with Crippen molar-refractivity contribution in [1.29, 1.82) is 0 Å². The summed E-state index contributed by atoms with van der Waals surface area (Å²) in [5.41, 5.74) is 2.97. The Morgan fingerprint density at radius 2 is 2.44 bits per heavy atom. The zero-order valence-electron chi connectivity index (χ0n) is 9.90. The van der Waals surface area contributed by atoms with Gasteiger partial charge in [-0.1, -0.05) is 6.92 Å². The van der Waals surface area contributed by atoms with Gasteiger partial charge in [0.1, 0.15) is 0 Å². The molecule has 1 saturated heterocycles. The van der Waals surface area contributed by atoms with E-state index in [0.717, 1.165) is 19.4 Å². The van der Waals surface area contributed by atoms with Gasteiger partial charge < -0.3 is 4.74 Å². The molecule has 0 spiro atoms. The molecular weight excluding hydrogens is 220 g/mol. The topological polar surface area (TPSA) is 47.3 Å². The third-order valence-corrected chi connectivity index (χ3v) is 4.42. The number of nitrogens with two attached hydrogens (primary N) is 1. The molecule has 0 amide bonds. The molecule has 1 aromatic rings. The van der Waals surface area contributed by atoms with Crippen LogP contribution in [0.15, 0.2) is 12.1 Å². The van der Waals surface area contributed by atoms with E-state index in [0.29, 0.717) is 12.0 Å². The largest absolute Gasteiger partial charge is 0.378 e. The summed E-state index contributed by atoms with van der Waals surface area (Å²) in [6.45, 7) is 5.17. The predicted octanol–water partition coefficient (Wildman–Crippen LogP) is 2.38. The van der Waals surface area contributed by atoms with Gasteiger partial charge in [-0.2, -0.15) is 0 Å². The summed E-state index contributed by atoms with van der Waals surface area (Å²) in [5.74, 6) is 6.22. The van der Waals surface area contributed by atoms with Gasteiger partial charge in [-0.05, 0) is 31.9 Å². The van der Waals surface area contributed by atoms with E-state index >= 15 is 0 Å². The maximum absolute atomic E-state index is 5.73. The molecule has 0 bridgehead atoms. The Labute approximate surface area is 101 Å². The summed E-state index contributed by atoms with van der Waals surface area (Å²) in [6.07, 6.45) is 2.51. The van der Waals surface area contributed by atoms with Gasteiger partial charge in [-0.25, -0.2) is 0 Å². The molecule has 0 aliphatic carbocycles. The van der Waals surface area contributed by atoms with Crippen molar-refractivity contribution in [3.05, 3.63) is 21.9 Å². The maximum Gasteiger partial charge on any atom is 0.0620 e. The number of nitrogens with one attached hydrogen (secondary N) is 1. The average molecular weight is 240 g/mol. The minimum atomic E-state index is 0.242. The van der Waals surface area contributed by atoms with Crippen molar-refractivity contribution < 1.29 is 4.74 Å². The lowest BCUT2D eigenvalue weighted by Gasteiger charge is -2.25. The molecular formula is C12H20N2OS. The normalized spacial score (nSPS) is 27.2. The summed E-state index contributed by atoms with van der Waals surface area (Å²) in [5, 5.41) is 0. The van der Waals surface area contributed by atoms with E-state index in [9.17, 15) is 0 Å². The highest BCUT2D eigenvalue weighted by molar-refractivity contribution is 7.12. The van der Waals surface area contributed by atoms with Crippen molar-refractivity contribution in [1.82, 2.24) is 5.43 Å². The van der Waals surface area contributed by atoms with Crippen LogP contribution in [-0.2, 0) is 4.74 Å². The van der Waals surface area contributed by atoms with Crippen LogP contribution in [0.5, 0.6) is 0 Å². The smallest absolute Gasteiger partial charge is 0.0620 e. The van der Waals surface area contributed by atoms with Crippen LogP contribution in [0.4, 0.5) is 0 Å². The van der Waals surface area contributed by atoms with Crippen LogP contribution < -0.4 is 11.3 Å². The minimum absolute atomic E-state index is 0.242. The second-order valence-corrected chi connectivity index (χ2v) is 5.68. The molecule has 3 atom stereocenters. The molecule has 3 unspecified atom stereocenters. The molecule has 1 aromatic heterocycles. The van der Waals surface area contributed by atoms with Gasteiger partial charge in [0.25, 0.3) is 0 Å². The van der Waals surface area contributed by atoms with Crippen molar-refractivity contribution in [3.8, 4) is 0 Å². The molecule has 1 aliphatic rings. The maximum atomic E-state index is 5.73. The second kappa shape index (κ2) is 5.27. The highest BCUT2D eigenvalue weighted by Crippen LogP contribution is 2.36. The Balaban J connectivity index is 2.15. The van der Waals surface area contributed by atoms with Gasteiger partial charge in [0, 0.05) is 22.3 Å². The van der Waals surface area contributed by atoms with E-state index in [1.165, 1.54) is 9.75 Å². The fraction of sp³-hybridized carbons (Fsp3) is 0.667. The molecule has 3 nitrogen and oxygen atoms in total. The minimum Gasteiger partial charge on any atom is -0.378 e. The van der Waals surface area contributed by atoms with E-state index in [1.54, 1.807) is 0 Å². The molecule has 2 rings (SSSR count). The number of hydrogen-bond acceptors (Lipinski definition) is 4. The number of aryl methyl sites for hydroxylation is 1. The first-order chi connectivity index (χ1) is 7.76. The Hall–Kier alpha value is -0.420. The van der Waals surface area contributed by atoms with Gasteiger partial charge in [-0.3, -0.25) is 11.3 Å². The molecule has 4 heteroatoms. The van der Waals surface area contributed by atoms with Gasteiger partial charge in [0.05, 0.1) is 12.1 Å². The van der Waals surface area contributed by atoms with Crippen LogP contribution in [0.2, 0.25) is 0 Å². The zero-order valence-corrected chi connectivity index (χ0v) is 10.7. The SMILES string of the molecule is CCC1OCCC1C(NN)c1ccc(C)s1. The number of rotatable bonds is 4. The summed E-state index contributed by atoms with van der Waals surface area (Å²) in [7, 11) is 0. The van der Waals surface area contributed by atoms with E-state index in [2.05, 4.69) is 31.4 Å². The highest BCUT2D eigenvalue weighted by atomic mass is 32.1. The standard InChI is InChI=1S/C12H20N2OS/c1-3-10-9(6-7-15-10)12(14-13)11-5-4-8(2)16-11/h4-5,9-10,12,14H,3,6-7,13H2,1-2H3. The number of hydrazine groups is 1. The lowest BCUT2D eigenvalue weighted by Crippen LogP contribution is -2.36. The Bertz CT molecular complexity index is 340. The summed E-state index contributed by atoms with van der Waals surface area (Å²) >= 11 is 1.82. The Kier molecular flexibility index (Phi) is 3.97. The molecule has 0 aromatic carbocycles. The quantitative estimate of drug-likeness (QED) is 0.627. The third kappa shape index (κ3) is 2.30. The highest BCUT2D eigenvalue weighted by Gasteiger charge is 2.34. The van der Waals surface area contributed by atoms with Gasteiger partial charge >= 0.3 is 0 Å². The molecule has 3 N–H and O–H groups in total. The van der Waals surface area contributed by atoms with Gasteiger partial charge in [-0.15, -0.1) is 11.3 Å². The van der Waals surface area contributed by atoms with Crippen LogP contribution in [0.3, 0.4) is 0 Å². The van der Waals surface area contributed by atoms with Crippen LogP contribution >= 0.6 is 11.3 Å². The molecule has 16 heavy (non-hydrogen) atoms. The molecule has 2 heterocycles. The average Bonchev–Trinajstić information content (AvgIpc) is 2.89. The number of thiophene rings is 1. The van der Waals surface area contributed by atoms with Gasteiger partial charge in [0.15, 0.2) is 0 Å². The first-order valence-corrected chi connectivity index (χ1v) is 6.72. The lowest BCUT2D eigenvalue weighted by atomic mass is 9.91. The molecule has 1 aliphatic heterocycles. The van der Waals surface area contributed by atoms with Crippen molar-refractivity contribution in [2.45, 2.75) is 38.8 Å². The van der Waals surface area contributed by atoms with Gasteiger partial charge in [0.2, 0.25) is 0 Å². The number of hydrogen-bond donors (Lipinski definition) is 2. The van der Waals surface area contributed by atoms with Crippen LogP contribution in [-0.4, -0.2) is 12.7 Å². The van der Waals surface area contributed by atoms with E-state index < -0.39 is 0 Å². The lowest BCUT2D eigenvalue weighted by molar-refractivity contribution is 0.0778. The predicted molar refractivity (Wildman–Crippen MR) is 67.3 cm³/mol. The van der Waals surface area contributed by atoms with Crippen molar-refractivity contribution in [3.63, 3.8) is 0 Å². The molecule has 0 saturated carbocycles. The number of ether oxygens (including phenoxy) is 1. The summed E-state index contributed by atoms with van der Waals surface area (Å²) in [4.78, 5) is 2.66. The van der Waals surface area contributed by atoms with Crippen molar-refractivity contribution >= 4 is 11.3 Å². The summed E-state index contributed by atoms with van der Waals surface area (Å²) < 4.78 is 5.73. The van der Waals surface area contributed by atoms with E-state index in [-0.39, 0.29) is 6.04 Å². The second-order valence-electron chi connectivity index (χ2n) is 4.36. The van der Waals surface area contributed by atoms with Crippen molar-refractivity contribution in [2.24, 2.45) is 11.8 Å². The monoisotopic (exact) mass is 240 g/mol. The van der Waals surface area contributed by atoms with Crippen molar-refractivity contribution in [2.75, 3.05) is 6.61 Å². The van der Waals surface area contributed by atoms with Crippen LogP contribution in [0, 0.1) is 12.8 Å². The molecule has 0 radical (unpaired) electrons. The van der Waals surface area contributed by atoms with Crippen LogP contribution in [0.1, 0.15) is 35.6 Å². The Morgan fingerprint density at radius 1 is 1.62 bits per heavy atom. The third-order valence-electron chi connectivity index (χ3n) is 3.34. The molecule has 90 valence electrons. The fourth-order valence-electron chi connectivity index (χ4n) is 2.50. The fourth-order valence-corrected chi connectivity index (χ4v) is 3.52. The van der Waals surface area contributed by atoms with Crippen LogP contribution in [0.25, 0.3) is 0 Å². The Morgan fingerprint density at radius 3 is 3.00 bits per heavy atom. The van der Waals surface area contributed by atoms with E-state index in [1.807, 2.05) is 11.3 Å². The zero-order chi connectivity index (χ0) is 11.5. The van der Waals surface area contributed by atoms with E-state index in [4.69, 9.17) is 10.6 Å². The summed E-state index contributed by atoms with van der Waals surface area (Å²) in [6, 6.07) is 4.57. The molecule has 1 fully saturated rings. The first kappa shape index (κ1) is 12.0. The first-order valence-electron chi connectivity index (χ1n) is 5.90.